The number of hydrogen-bond acceptors (Lipinski definition) is 2. The largest absolute Gasteiger partial charge is 0.469 e. The van der Waals surface area contributed by atoms with Crippen molar-refractivity contribution in [3.05, 3.63) is 59.5 Å². The molecule has 0 saturated carbocycles. The summed E-state index contributed by atoms with van der Waals surface area (Å²) in [7, 11) is 0. The van der Waals surface area contributed by atoms with Gasteiger partial charge in [0.25, 0.3) is 0 Å². The molecule has 1 N–H and O–H groups in total. The molecule has 2 aromatic rings. The molecule has 2 unspecified atom stereocenters. The van der Waals surface area contributed by atoms with Crippen LogP contribution in [0.5, 0.6) is 0 Å². The van der Waals surface area contributed by atoms with Crippen LogP contribution in [0, 0.1) is 0 Å². The lowest BCUT2D eigenvalue weighted by Crippen LogP contribution is -2.27. The van der Waals surface area contributed by atoms with Crippen LogP contribution >= 0.6 is 0 Å². The molecule has 1 aromatic heterocycles. The Morgan fingerprint density at radius 2 is 2.11 bits per heavy atom. The van der Waals surface area contributed by atoms with Crippen molar-refractivity contribution >= 4 is 0 Å². The van der Waals surface area contributed by atoms with E-state index < -0.39 is 0 Å². The van der Waals surface area contributed by atoms with Crippen molar-refractivity contribution in [1.29, 1.82) is 0 Å². The summed E-state index contributed by atoms with van der Waals surface area (Å²) in [4.78, 5) is 0. The van der Waals surface area contributed by atoms with Crippen LogP contribution < -0.4 is 5.32 Å². The molecule has 0 aliphatic heterocycles. The number of benzene rings is 1. The summed E-state index contributed by atoms with van der Waals surface area (Å²) in [5.41, 5.74) is 2.77. The van der Waals surface area contributed by atoms with Gasteiger partial charge in [-0.15, -0.1) is 0 Å². The van der Waals surface area contributed by atoms with E-state index in [2.05, 4.69) is 48.6 Å². The number of rotatable bonds is 4. The molecule has 0 spiro atoms. The third kappa shape index (κ3) is 2.74. The molecule has 1 aromatic carbocycles. The Balaban J connectivity index is 1.62. The van der Waals surface area contributed by atoms with Crippen LogP contribution in [0.25, 0.3) is 0 Å². The quantitative estimate of drug-likeness (QED) is 0.891. The van der Waals surface area contributed by atoms with Crippen molar-refractivity contribution in [2.75, 3.05) is 6.54 Å². The second-order valence-corrected chi connectivity index (χ2v) is 5.46. The molecule has 0 radical (unpaired) electrons. The van der Waals surface area contributed by atoms with Crippen molar-refractivity contribution in [3.63, 3.8) is 0 Å². The number of hydrogen-bond donors (Lipinski definition) is 1. The van der Waals surface area contributed by atoms with Gasteiger partial charge in [-0.25, -0.2) is 0 Å². The van der Waals surface area contributed by atoms with Gasteiger partial charge in [0, 0.05) is 24.6 Å². The average Bonchev–Trinajstić information content (AvgIpc) is 2.94. The summed E-state index contributed by atoms with van der Waals surface area (Å²) in [6.07, 6.45) is 5.35. The Kier molecular flexibility index (Phi) is 3.69. The van der Waals surface area contributed by atoms with E-state index in [1.807, 2.05) is 6.26 Å². The highest BCUT2D eigenvalue weighted by atomic mass is 16.3. The van der Waals surface area contributed by atoms with Crippen LogP contribution in [0.4, 0.5) is 0 Å². The molecule has 0 saturated heterocycles. The minimum Gasteiger partial charge on any atom is -0.469 e. The van der Waals surface area contributed by atoms with Crippen molar-refractivity contribution in [2.24, 2.45) is 0 Å². The Hall–Kier alpha value is -1.54. The minimum absolute atomic E-state index is 0.466. The van der Waals surface area contributed by atoms with Crippen LogP contribution in [0.3, 0.4) is 0 Å². The van der Waals surface area contributed by atoms with E-state index in [-0.39, 0.29) is 0 Å². The molecular weight excluding hydrogens is 234 g/mol. The summed E-state index contributed by atoms with van der Waals surface area (Å²) in [6.45, 7) is 3.29. The van der Waals surface area contributed by atoms with Crippen molar-refractivity contribution in [3.8, 4) is 0 Å². The first kappa shape index (κ1) is 12.5. The molecule has 2 atom stereocenters. The van der Waals surface area contributed by atoms with E-state index in [0.29, 0.717) is 12.0 Å². The predicted octanol–water partition coefficient (Wildman–Crippen LogP) is 4.05. The molecule has 19 heavy (non-hydrogen) atoms. The Morgan fingerprint density at radius 3 is 2.95 bits per heavy atom. The van der Waals surface area contributed by atoms with Crippen LogP contribution in [0.1, 0.15) is 48.6 Å². The third-order valence-corrected chi connectivity index (χ3v) is 4.09. The molecule has 0 amide bonds. The molecular formula is C17H21NO. The van der Waals surface area contributed by atoms with Crippen LogP contribution in [0.15, 0.2) is 47.1 Å². The van der Waals surface area contributed by atoms with Gasteiger partial charge >= 0.3 is 0 Å². The number of aryl methyl sites for hydroxylation is 1. The summed E-state index contributed by atoms with van der Waals surface area (Å²) in [5.74, 6) is 1.72. The smallest absolute Gasteiger partial charge is 0.108 e. The fraction of sp³-hybridized carbons (Fsp3) is 0.412. The first-order valence-electron chi connectivity index (χ1n) is 7.19. The monoisotopic (exact) mass is 255 g/mol. The topological polar surface area (TPSA) is 25.2 Å². The van der Waals surface area contributed by atoms with Crippen LogP contribution in [-0.2, 0) is 6.42 Å². The molecule has 0 fully saturated rings. The van der Waals surface area contributed by atoms with Gasteiger partial charge in [0.2, 0.25) is 0 Å². The molecule has 2 nitrogen and oxygen atoms in total. The van der Waals surface area contributed by atoms with Crippen molar-refractivity contribution < 1.29 is 4.42 Å². The number of furan rings is 1. The Labute approximate surface area is 114 Å². The zero-order valence-corrected chi connectivity index (χ0v) is 11.4. The van der Waals surface area contributed by atoms with E-state index in [1.54, 1.807) is 0 Å². The van der Waals surface area contributed by atoms with E-state index in [9.17, 15) is 0 Å². The second kappa shape index (κ2) is 5.62. The molecule has 1 heterocycles. The highest BCUT2D eigenvalue weighted by Crippen LogP contribution is 2.30. The molecule has 1 aliphatic carbocycles. The van der Waals surface area contributed by atoms with Crippen molar-refractivity contribution in [1.82, 2.24) is 5.32 Å². The number of fused-ring (bicyclic) bond motifs is 1. The van der Waals surface area contributed by atoms with E-state index in [1.165, 1.54) is 29.7 Å². The molecule has 3 rings (SSSR count). The lowest BCUT2D eigenvalue weighted by molar-refractivity contribution is 0.405. The SMILES string of the molecule is CC(CNC1CCCc2occc21)c1ccccc1. The maximum atomic E-state index is 5.54. The lowest BCUT2D eigenvalue weighted by Gasteiger charge is -2.24. The van der Waals surface area contributed by atoms with Crippen LogP contribution in [-0.4, -0.2) is 6.54 Å². The maximum absolute atomic E-state index is 5.54. The van der Waals surface area contributed by atoms with E-state index in [4.69, 9.17) is 4.42 Å². The normalized spacial score (nSPS) is 19.9. The summed E-state index contributed by atoms with van der Waals surface area (Å²) >= 11 is 0. The fourth-order valence-electron chi connectivity index (χ4n) is 2.92. The van der Waals surface area contributed by atoms with E-state index >= 15 is 0 Å². The first-order valence-corrected chi connectivity index (χ1v) is 7.19. The predicted molar refractivity (Wildman–Crippen MR) is 77.2 cm³/mol. The van der Waals surface area contributed by atoms with Gasteiger partial charge in [-0.1, -0.05) is 37.3 Å². The minimum atomic E-state index is 0.466. The van der Waals surface area contributed by atoms with Gasteiger partial charge in [0.05, 0.1) is 6.26 Å². The Morgan fingerprint density at radius 1 is 1.26 bits per heavy atom. The highest BCUT2D eigenvalue weighted by Gasteiger charge is 2.22. The van der Waals surface area contributed by atoms with Gasteiger partial charge < -0.3 is 9.73 Å². The van der Waals surface area contributed by atoms with Gasteiger partial charge in [-0.2, -0.15) is 0 Å². The lowest BCUT2D eigenvalue weighted by atomic mass is 9.92. The van der Waals surface area contributed by atoms with Gasteiger partial charge in [0.1, 0.15) is 5.76 Å². The standard InChI is InChI=1S/C17H21NO/c1-13(14-6-3-2-4-7-14)12-18-16-8-5-9-17-15(16)10-11-19-17/h2-4,6-7,10-11,13,16,18H,5,8-9,12H2,1H3. The first-order chi connectivity index (χ1) is 9.34. The molecule has 100 valence electrons. The molecule has 2 heteroatoms. The maximum Gasteiger partial charge on any atom is 0.108 e. The zero-order valence-electron chi connectivity index (χ0n) is 11.4. The third-order valence-electron chi connectivity index (χ3n) is 4.09. The fourth-order valence-corrected chi connectivity index (χ4v) is 2.92. The molecule has 1 aliphatic rings. The van der Waals surface area contributed by atoms with E-state index in [0.717, 1.165) is 13.0 Å². The Bertz CT molecular complexity index is 517. The summed E-state index contributed by atoms with van der Waals surface area (Å²) in [5, 5.41) is 3.70. The highest BCUT2D eigenvalue weighted by molar-refractivity contribution is 5.24. The van der Waals surface area contributed by atoms with Crippen LogP contribution in [0.2, 0.25) is 0 Å². The number of nitrogens with one attached hydrogen (secondary N) is 1. The van der Waals surface area contributed by atoms with Gasteiger partial charge in [-0.3, -0.25) is 0 Å². The summed E-state index contributed by atoms with van der Waals surface area (Å²) < 4.78 is 5.54. The van der Waals surface area contributed by atoms with Gasteiger partial charge in [0.15, 0.2) is 0 Å². The average molecular weight is 255 g/mol. The summed E-state index contributed by atoms with van der Waals surface area (Å²) in [6, 6.07) is 13.3. The molecule has 0 bridgehead atoms. The van der Waals surface area contributed by atoms with Gasteiger partial charge in [-0.05, 0) is 30.4 Å². The van der Waals surface area contributed by atoms with Crippen molar-refractivity contribution in [2.45, 2.75) is 38.1 Å². The second-order valence-electron chi connectivity index (χ2n) is 5.46. The zero-order chi connectivity index (χ0) is 13.1.